The molecule has 1 aromatic heterocycles. The number of hydrogen-bond acceptors (Lipinski definition) is 4. The second-order valence-corrected chi connectivity index (χ2v) is 6.14. The largest absolute Gasteiger partial charge is 0.388 e. The van der Waals surface area contributed by atoms with Crippen molar-refractivity contribution in [3.05, 3.63) is 22.8 Å². The predicted molar refractivity (Wildman–Crippen MR) is 88.3 cm³/mol. The molecule has 1 rings (SSSR count). The van der Waals surface area contributed by atoms with Gasteiger partial charge in [-0.1, -0.05) is 26.7 Å². The average molecular weight is 372 g/mol. The number of anilines is 1. The van der Waals surface area contributed by atoms with E-state index in [9.17, 15) is 14.7 Å². The standard InChI is InChI=1S/C15H22BrN3O3/c1-3-7-15(22,8-4-2)10-18-13(20)14(21)19-12-6-5-11(16)9-17-12/h5-6,9,22H,3-4,7-8,10H2,1-2H3,(H,18,20)(H,17,19,21). The summed E-state index contributed by atoms with van der Waals surface area (Å²) in [5.74, 6) is -1.29. The summed E-state index contributed by atoms with van der Waals surface area (Å²) in [5.41, 5.74) is -0.963. The molecule has 0 unspecified atom stereocenters. The first-order chi connectivity index (χ1) is 10.4. The molecule has 0 spiro atoms. The minimum atomic E-state index is -0.963. The van der Waals surface area contributed by atoms with Crippen LogP contribution in [0.3, 0.4) is 0 Å². The van der Waals surface area contributed by atoms with Gasteiger partial charge >= 0.3 is 11.8 Å². The number of halogens is 1. The van der Waals surface area contributed by atoms with Crippen LogP contribution in [0.2, 0.25) is 0 Å². The summed E-state index contributed by atoms with van der Waals surface area (Å²) < 4.78 is 0.777. The van der Waals surface area contributed by atoms with Gasteiger partial charge in [0.25, 0.3) is 0 Å². The SMILES string of the molecule is CCCC(O)(CCC)CNC(=O)C(=O)Nc1ccc(Br)cn1. The summed E-state index contributed by atoms with van der Waals surface area (Å²) in [6.45, 7) is 4.00. The van der Waals surface area contributed by atoms with Crippen molar-refractivity contribution >= 4 is 33.6 Å². The van der Waals surface area contributed by atoms with Crippen molar-refractivity contribution in [3.63, 3.8) is 0 Å². The van der Waals surface area contributed by atoms with E-state index in [-0.39, 0.29) is 6.54 Å². The maximum atomic E-state index is 11.8. The van der Waals surface area contributed by atoms with E-state index < -0.39 is 17.4 Å². The predicted octanol–water partition coefficient (Wildman–Crippen LogP) is 2.23. The lowest BCUT2D eigenvalue weighted by molar-refractivity contribution is -0.137. The van der Waals surface area contributed by atoms with E-state index in [1.165, 1.54) is 6.20 Å². The Labute approximate surface area is 138 Å². The molecule has 122 valence electrons. The molecule has 0 saturated heterocycles. The van der Waals surface area contributed by atoms with Crippen LogP contribution in [-0.2, 0) is 9.59 Å². The number of aliphatic hydroxyl groups is 1. The normalized spacial score (nSPS) is 11.1. The van der Waals surface area contributed by atoms with Crippen LogP contribution < -0.4 is 10.6 Å². The Hall–Kier alpha value is -1.47. The maximum absolute atomic E-state index is 11.8. The third kappa shape index (κ3) is 6.11. The monoisotopic (exact) mass is 371 g/mol. The Kier molecular flexibility index (Phi) is 7.47. The zero-order valence-corrected chi connectivity index (χ0v) is 14.4. The van der Waals surface area contributed by atoms with E-state index in [1.54, 1.807) is 12.1 Å². The van der Waals surface area contributed by atoms with E-state index in [0.717, 1.165) is 17.3 Å². The molecule has 1 aromatic rings. The van der Waals surface area contributed by atoms with E-state index in [4.69, 9.17) is 0 Å². The van der Waals surface area contributed by atoms with Crippen molar-refractivity contribution in [2.75, 3.05) is 11.9 Å². The van der Waals surface area contributed by atoms with Gasteiger partial charge in [0, 0.05) is 17.2 Å². The summed E-state index contributed by atoms with van der Waals surface area (Å²) in [6, 6.07) is 3.29. The second kappa shape index (κ2) is 8.85. The Balaban J connectivity index is 2.53. The van der Waals surface area contributed by atoms with Crippen molar-refractivity contribution in [2.24, 2.45) is 0 Å². The molecule has 3 N–H and O–H groups in total. The van der Waals surface area contributed by atoms with Gasteiger partial charge in [0.15, 0.2) is 0 Å². The molecule has 0 aliphatic rings. The number of rotatable bonds is 7. The third-order valence-electron chi connectivity index (χ3n) is 3.18. The van der Waals surface area contributed by atoms with Crippen LogP contribution in [0.5, 0.6) is 0 Å². The first-order valence-corrected chi connectivity index (χ1v) is 8.12. The van der Waals surface area contributed by atoms with Crippen LogP contribution in [0.1, 0.15) is 39.5 Å². The second-order valence-electron chi connectivity index (χ2n) is 5.22. The lowest BCUT2D eigenvalue weighted by Gasteiger charge is -2.27. The molecule has 1 heterocycles. The van der Waals surface area contributed by atoms with Crippen molar-refractivity contribution in [1.29, 1.82) is 0 Å². The number of nitrogens with zero attached hydrogens (tertiary/aromatic N) is 1. The van der Waals surface area contributed by atoms with Gasteiger partial charge in [-0.2, -0.15) is 0 Å². The molecule has 0 bridgehead atoms. The van der Waals surface area contributed by atoms with Gasteiger partial charge in [-0.25, -0.2) is 4.98 Å². The van der Waals surface area contributed by atoms with Gasteiger partial charge in [0.2, 0.25) is 0 Å². The fourth-order valence-corrected chi connectivity index (χ4v) is 2.41. The summed E-state index contributed by atoms with van der Waals surface area (Å²) in [4.78, 5) is 27.5. The van der Waals surface area contributed by atoms with Gasteiger partial charge in [0.05, 0.1) is 5.60 Å². The number of carbonyl (C=O) groups is 2. The molecule has 0 fully saturated rings. The quantitative estimate of drug-likeness (QED) is 0.640. The van der Waals surface area contributed by atoms with Crippen LogP contribution in [0.15, 0.2) is 22.8 Å². The molecular formula is C15H22BrN3O3. The molecule has 7 heteroatoms. The first kappa shape index (κ1) is 18.6. The van der Waals surface area contributed by atoms with Gasteiger partial charge in [-0.3, -0.25) is 9.59 Å². The van der Waals surface area contributed by atoms with Gasteiger partial charge in [-0.15, -0.1) is 0 Å². The molecule has 2 amide bonds. The molecule has 0 radical (unpaired) electrons. The van der Waals surface area contributed by atoms with Crippen molar-refractivity contribution in [3.8, 4) is 0 Å². The van der Waals surface area contributed by atoms with Crippen LogP contribution in [0.4, 0.5) is 5.82 Å². The molecule has 22 heavy (non-hydrogen) atoms. The summed E-state index contributed by atoms with van der Waals surface area (Å²) in [5, 5.41) is 15.3. The molecule has 0 aromatic carbocycles. The van der Waals surface area contributed by atoms with E-state index >= 15 is 0 Å². The van der Waals surface area contributed by atoms with Gasteiger partial charge < -0.3 is 15.7 Å². The Morgan fingerprint density at radius 1 is 1.23 bits per heavy atom. The van der Waals surface area contributed by atoms with E-state index in [1.807, 2.05) is 13.8 Å². The smallest absolute Gasteiger partial charge is 0.314 e. The summed E-state index contributed by atoms with van der Waals surface area (Å²) in [7, 11) is 0. The molecule has 6 nitrogen and oxygen atoms in total. The minimum Gasteiger partial charge on any atom is -0.388 e. The Bertz CT molecular complexity index is 499. The molecule has 0 atom stereocenters. The highest BCUT2D eigenvalue weighted by Gasteiger charge is 2.26. The van der Waals surface area contributed by atoms with E-state index in [2.05, 4.69) is 31.5 Å². The zero-order chi connectivity index (χ0) is 16.6. The number of nitrogens with one attached hydrogen (secondary N) is 2. The lowest BCUT2D eigenvalue weighted by atomic mass is 9.92. The highest BCUT2D eigenvalue weighted by atomic mass is 79.9. The molecule has 0 aliphatic heterocycles. The number of hydrogen-bond donors (Lipinski definition) is 3. The molecule has 0 aliphatic carbocycles. The van der Waals surface area contributed by atoms with E-state index in [0.29, 0.717) is 18.7 Å². The Morgan fingerprint density at radius 2 is 1.86 bits per heavy atom. The first-order valence-electron chi connectivity index (χ1n) is 7.33. The zero-order valence-electron chi connectivity index (χ0n) is 12.9. The topological polar surface area (TPSA) is 91.3 Å². The number of pyridine rings is 1. The van der Waals surface area contributed by atoms with Gasteiger partial charge in [-0.05, 0) is 40.9 Å². The van der Waals surface area contributed by atoms with Crippen molar-refractivity contribution in [2.45, 2.75) is 45.1 Å². The highest BCUT2D eigenvalue weighted by molar-refractivity contribution is 9.10. The lowest BCUT2D eigenvalue weighted by Crippen LogP contribution is -2.46. The van der Waals surface area contributed by atoms with Crippen LogP contribution in [-0.4, -0.2) is 34.1 Å². The molecular weight excluding hydrogens is 350 g/mol. The Morgan fingerprint density at radius 3 is 2.36 bits per heavy atom. The van der Waals surface area contributed by atoms with Crippen molar-refractivity contribution in [1.82, 2.24) is 10.3 Å². The third-order valence-corrected chi connectivity index (χ3v) is 3.65. The van der Waals surface area contributed by atoms with Crippen molar-refractivity contribution < 1.29 is 14.7 Å². The van der Waals surface area contributed by atoms with Crippen LogP contribution in [0, 0.1) is 0 Å². The summed E-state index contributed by atoms with van der Waals surface area (Å²) in [6.07, 6.45) is 4.30. The fourth-order valence-electron chi connectivity index (χ4n) is 2.18. The van der Waals surface area contributed by atoms with Crippen LogP contribution in [0.25, 0.3) is 0 Å². The number of amides is 2. The fraction of sp³-hybridized carbons (Fsp3) is 0.533. The highest BCUT2D eigenvalue weighted by Crippen LogP contribution is 2.18. The minimum absolute atomic E-state index is 0.0642. The maximum Gasteiger partial charge on any atom is 0.314 e. The number of carbonyl (C=O) groups excluding carboxylic acids is 2. The van der Waals surface area contributed by atoms with Gasteiger partial charge in [0.1, 0.15) is 5.82 Å². The average Bonchev–Trinajstić information content (AvgIpc) is 2.47. The van der Waals surface area contributed by atoms with Crippen LogP contribution >= 0.6 is 15.9 Å². The summed E-state index contributed by atoms with van der Waals surface area (Å²) >= 11 is 3.23. The molecule has 0 saturated carbocycles. The number of aromatic nitrogens is 1.